The number of ether oxygens (including phenoxy) is 1. The fourth-order valence-electron chi connectivity index (χ4n) is 3.93. The summed E-state index contributed by atoms with van der Waals surface area (Å²) in [5.74, 6) is -1.02. The first-order chi connectivity index (χ1) is 13.4. The van der Waals surface area contributed by atoms with Crippen LogP contribution in [0.3, 0.4) is 0 Å². The second-order valence-electron chi connectivity index (χ2n) is 7.53. The van der Waals surface area contributed by atoms with E-state index in [2.05, 4.69) is 0 Å². The van der Waals surface area contributed by atoms with Crippen molar-refractivity contribution in [3.63, 3.8) is 0 Å². The molecule has 0 saturated carbocycles. The van der Waals surface area contributed by atoms with Crippen LogP contribution < -0.4 is 0 Å². The normalized spacial score (nSPS) is 29.2. The van der Waals surface area contributed by atoms with E-state index in [1.807, 2.05) is 18.2 Å². The molecule has 0 spiro atoms. The molecule has 1 aliphatic carbocycles. The summed E-state index contributed by atoms with van der Waals surface area (Å²) >= 11 is 0. The molecule has 5 atom stereocenters. The van der Waals surface area contributed by atoms with Gasteiger partial charge in [-0.05, 0) is 41.2 Å². The van der Waals surface area contributed by atoms with E-state index in [9.17, 15) is 29.9 Å². The largest absolute Gasteiger partial charge is 0.507 e. The smallest absolute Gasteiger partial charge is 0.130 e. The molecular weight excluding hydrogens is 367 g/mol. The Morgan fingerprint density at radius 2 is 1.71 bits per heavy atom. The minimum Gasteiger partial charge on any atom is -0.507 e. The molecule has 0 amide bonds. The summed E-state index contributed by atoms with van der Waals surface area (Å²) in [5.41, 5.74) is 3.90. The zero-order valence-corrected chi connectivity index (χ0v) is 15.1. The number of rotatable bonds is 4. The standard InChI is InChI=1S/C21H23FO6/c22-15-8-16(24)14(21-20(27)19(26)18(25)17(9-23)28-21)7-13(15)6-10-1-2-11-3-4-12(11)5-10/h1-2,5,7-8,17-21,23-27H,3-4,6,9H2/t17-,18-,19+,20-,21+/m1/s1. The first kappa shape index (κ1) is 19.3. The first-order valence-corrected chi connectivity index (χ1v) is 9.31. The summed E-state index contributed by atoms with van der Waals surface area (Å²) in [6.07, 6.45) is -4.57. The molecule has 7 heteroatoms. The summed E-state index contributed by atoms with van der Waals surface area (Å²) in [6.45, 7) is -0.578. The number of hydrogen-bond acceptors (Lipinski definition) is 6. The van der Waals surface area contributed by atoms with Crippen LogP contribution in [0.5, 0.6) is 5.75 Å². The van der Waals surface area contributed by atoms with Gasteiger partial charge in [0, 0.05) is 18.1 Å². The molecule has 0 aromatic heterocycles. The monoisotopic (exact) mass is 390 g/mol. The lowest BCUT2D eigenvalue weighted by molar-refractivity contribution is -0.232. The number of aliphatic hydroxyl groups excluding tert-OH is 4. The highest BCUT2D eigenvalue weighted by molar-refractivity contribution is 5.44. The van der Waals surface area contributed by atoms with Crippen LogP contribution in [0.25, 0.3) is 0 Å². The van der Waals surface area contributed by atoms with Crippen molar-refractivity contribution in [2.45, 2.75) is 49.8 Å². The average molecular weight is 390 g/mol. The van der Waals surface area contributed by atoms with Gasteiger partial charge in [-0.25, -0.2) is 4.39 Å². The number of phenols is 1. The fraction of sp³-hybridized carbons (Fsp3) is 0.429. The summed E-state index contributed by atoms with van der Waals surface area (Å²) in [5, 5.41) is 49.8. The number of benzene rings is 2. The van der Waals surface area contributed by atoms with Crippen LogP contribution >= 0.6 is 0 Å². The minimum atomic E-state index is -1.57. The van der Waals surface area contributed by atoms with Gasteiger partial charge in [0.25, 0.3) is 0 Å². The highest BCUT2D eigenvalue weighted by Gasteiger charge is 2.44. The van der Waals surface area contributed by atoms with Gasteiger partial charge in [-0.1, -0.05) is 18.2 Å². The van der Waals surface area contributed by atoms with E-state index in [4.69, 9.17) is 4.74 Å². The van der Waals surface area contributed by atoms with Gasteiger partial charge < -0.3 is 30.3 Å². The van der Waals surface area contributed by atoms with Crippen LogP contribution in [-0.4, -0.2) is 56.6 Å². The number of phenolic OH excluding ortho intramolecular Hbond substituents is 1. The van der Waals surface area contributed by atoms with E-state index in [0.29, 0.717) is 12.0 Å². The van der Waals surface area contributed by atoms with Crippen LogP contribution in [0, 0.1) is 5.82 Å². The van der Waals surface area contributed by atoms with Crippen molar-refractivity contribution in [2.24, 2.45) is 0 Å². The quantitative estimate of drug-likeness (QED) is 0.527. The third-order valence-corrected chi connectivity index (χ3v) is 5.72. The van der Waals surface area contributed by atoms with Gasteiger partial charge in [0.15, 0.2) is 0 Å². The maximum absolute atomic E-state index is 14.5. The molecule has 150 valence electrons. The second-order valence-corrected chi connectivity index (χ2v) is 7.53. The number of aromatic hydroxyl groups is 1. The molecule has 0 radical (unpaired) electrons. The van der Waals surface area contributed by atoms with Crippen molar-refractivity contribution < 1.29 is 34.7 Å². The zero-order chi connectivity index (χ0) is 20.0. The van der Waals surface area contributed by atoms with Gasteiger partial charge in [-0.15, -0.1) is 0 Å². The van der Waals surface area contributed by atoms with E-state index in [1.165, 1.54) is 17.2 Å². The van der Waals surface area contributed by atoms with Gasteiger partial charge >= 0.3 is 0 Å². The molecule has 6 nitrogen and oxygen atoms in total. The van der Waals surface area contributed by atoms with E-state index in [0.717, 1.165) is 24.5 Å². The molecule has 0 unspecified atom stereocenters. The Kier molecular flexibility index (Phi) is 5.11. The SMILES string of the molecule is OC[C@H]1O[C@@H](c2cc(Cc3ccc4c(c3)CC4)c(F)cc2O)[C@H](O)[C@@H](O)[C@@H]1O. The molecule has 0 bridgehead atoms. The predicted octanol–water partition coefficient (Wildman–Crippen LogP) is 0.736. The predicted molar refractivity (Wildman–Crippen MR) is 97.4 cm³/mol. The molecule has 1 saturated heterocycles. The van der Waals surface area contributed by atoms with Crippen molar-refractivity contribution in [3.8, 4) is 5.75 Å². The Balaban J connectivity index is 1.65. The fourth-order valence-corrected chi connectivity index (χ4v) is 3.93. The van der Waals surface area contributed by atoms with Crippen molar-refractivity contribution >= 4 is 0 Å². The summed E-state index contributed by atoms with van der Waals surface area (Å²) in [4.78, 5) is 0. The van der Waals surface area contributed by atoms with Crippen LogP contribution in [0.2, 0.25) is 0 Å². The molecule has 1 fully saturated rings. The van der Waals surface area contributed by atoms with Crippen LogP contribution in [0.1, 0.15) is 33.9 Å². The summed E-state index contributed by atoms with van der Waals surface area (Å²) in [7, 11) is 0. The maximum Gasteiger partial charge on any atom is 0.130 e. The van der Waals surface area contributed by atoms with Crippen molar-refractivity contribution in [1.29, 1.82) is 0 Å². The van der Waals surface area contributed by atoms with Crippen LogP contribution in [0.4, 0.5) is 4.39 Å². The van der Waals surface area contributed by atoms with Gasteiger partial charge in [0.05, 0.1) is 6.61 Å². The van der Waals surface area contributed by atoms with Crippen molar-refractivity contribution in [2.75, 3.05) is 6.61 Å². The Labute approximate surface area is 161 Å². The molecule has 1 heterocycles. The van der Waals surface area contributed by atoms with Crippen molar-refractivity contribution in [1.82, 2.24) is 0 Å². The number of fused-ring (bicyclic) bond motifs is 1. The second kappa shape index (κ2) is 7.42. The maximum atomic E-state index is 14.5. The van der Waals surface area contributed by atoms with Gasteiger partial charge in [-0.2, -0.15) is 0 Å². The van der Waals surface area contributed by atoms with E-state index < -0.39 is 48.7 Å². The molecule has 1 aliphatic heterocycles. The lowest BCUT2D eigenvalue weighted by Gasteiger charge is -2.40. The molecule has 4 rings (SSSR count). The Hall–Kier alpha value is -2.03. The van der Waals surface area contributed by atoms with E-state index >= 15 is 0 Å². The topological polar surface area (TPSA) is 110 Å². The highest BCUT2D eigenvalue weighted by atomic mass is 19.1. The molecular formula is C21H23FO6. The Bertz CT molecular complexity index is 883. The third kappa shape index (κ3) is 3.29. The summed E-state index contributed by atoms with van der Waals surface area (Å²) < 4.78 is 20.0. The van der Waals surface area contributed by atoms with Crippen LogP contribution in [0.15, 0.2) is 30.3 Å². The van der Waals surface area contributed by atoms with Crippen molar-refractivity contribution in [3.05, 3.63) is 64.0 Å². The molecule has 28 heavy (non-hydrogen) atoms. The Morgan fingerprint density at radius 1 is 0.964 bits per heavy atom. The van der Waals surface area contributed by atoms with Gasteiger partial charge in [-0.3, -0.25) is 0 Å². The third-order valence-electron chi connectivity index (χ3n) is 5.72. The number of aliphatic hydroxyl groups is 4. The number of hydrogen-bond donors (Lipinski definition) is 5. The molecule has 2 aliphatic rings. The number of aryl methyl sites for hydroxylation is 2. The minimum absolute atomic E-state index is 0.0947. The van der Waals surface area contributed by atoms with E-state index in [-0.39, 0.29) is 5.56 Å². The molecule has 2 aromatic carbocycles. The molecule has 5 N–H and O–H groups in total. The lowest BCUT2D eigenvalue weighted by Crippen LogP contribution is -2.55. The van der Waals surface area contributed by atoms with Gasteiger partial charge in [0.1, 0.15) is 42.1 Å². The highest BCUT2D eigenvalue weighted by Crippen LogP contribution is 2.38. The lowest BCUT2D eigenvalue weighted by atomic mass is 9.85. The first-order valence-electron chi connectivity index (χ1n) is 9.31. The average Bonchev–Trinajstić information content (AvgIpc) is 2.65. The number of halogens is 1. The summed E-state index contributed by atoms with van der Waals surface area (Å²) in [6, 6.07) is 8.37. The van der Waals surface area contributed by atoms with Gasteiger partial charge in [0.2, 0.25) is 0 Å². The molecule has 2 aromatic rings. The van der Waals surface area contributed by atoms with Crippen LogP contribution in [-0.2, 0) is 24.0 Å². The zero-order valence-electron chi connectivity index (χ0n) is 15.1. The van der Waals surface area contributed by atoms with E-state index in [1.54, 1.807) is 0 Å². The Morgan fingerprint density at radius 3 is 2.36 bits per heavy atom.